The molecule has 0 saturated carbocycles. The summed E-state index contributed by atoms with van der Waals surface area (Å²) < 4.78 is 12.3. The van der Waals surface area contributed by atoms with Gasteiger partial charge in [-0.2, -0.15) is 0 Å². The summed E-state index contributed by atoms with van der Waals surface area (Å²) in [5.74, 6) is 0. The molecule has 0 atom stereocenters. The SMILES string of the molecule is CC1(C)OB(c2cccnc2-c2ccccc2)OC1(C)C. The van der Waals surface area contributed by atoms with Gasteiger partial charge in [0.05, 0.1) is 16.9 Å². The van der Waals surface area contributed by atoms with Gasteiger partial charge in [-0.05, 0) is 39.3 Å². The van der Waals surface area contributed by atoms with Crippen molar-refractivity contribution in [3.63, 3.8) is 0 Å². The highest BCUT2D eigenvalue weighted by Gasteiger charge is 2.52. The van der Waals surface area contributed by atoms with E-state index >= 15 is 0 Å². The molecule has 2 heterocycles. The molecule has 4 heteroatoms. The molecular formula is C17H20BNO2. The molecule has 0 N–H and O–H groups in total. The number of benzene rings is 1. The van der Waals surface area contributed by atoms with E-state index in [2.05, 4.69) is 44.8 Å². The molecule has 1 aromatic carbocycles. The molecule has 0 unspecified atom stereocenters. The lowest BCUT2D eigenvalue weighted by atomic mass is 9.76. The fourth-order valence-electron chi connectivity index (χ4n) is 2.42. The van der Waals surface area contributed by atoms with Crippen LogP contribution in [0.2, 0.25) is 0 Å². The first-order valence-electron chi connectivity index (χ1n) is 7.27. The summed E-state index contributed by atoms with van der Waals surface area (Å²) in [5.41, 5.74) is 2.27. The normalized spacial score (nSPS) is 19.7. The third kappa shape index (κ3) is 2.50. The van der Waals surface area contributed by atoms with E-state index in [4.69, 9.17) is 9.31 Å². The quantitative estimate of drug-likeness (QED) is 0.793. The van der Waals surface area contributed by atoms with Gasteiger partial charge in [0, 0.05) is 11.7 Å². The molecule has 1 aromatic heterocycles. The van der Waals surface area contributed by atoms with Crippen LogP contribution >= 0.6 is 0 Å². The van der Waals surface area contributed by atoms with Crippen molar-refractivity contribution in [2.45, 2.75) is 38.9 Å². The Labute approximate surface area is 126 Å². The Balaban J connectivity index is 2.02. The number of hydrogen-bond donors (Lipinski definition) is 0. The van der Waals surface area contributed by atoms with Crippen LogP contribution in [-0.2, 0) is 9.31 Å². The highest BCUT2D eigenvalue weighted by atomic mass is 16.7. The summed E-state index contributed by atoms with van der Waals surface area (Å²) in [6.45, 7) is 8.24. The standard InChI is InChI=1S/C17H20BNO2/c1-16(2)17(3,4)21-18(20-16)14-11-8-12-19-15(14)13-9-6-5-7-10-13/h5-12H,1-4H3. The van der Waals surface area contributed by atoms with Crippen LogP contribution in [0.4, 0.5) is 0 Å². The van der Waals surface area contributed by atoms with E-state index in [0.29, 0.717) is 0 Å². The van der Waals surface area contributed by atoms with Crippen LogP contribution in [0, 0.1) is 0 Å². The fraction of sp³-hybridized carbons (Fsp3) is 0.353. The Hall–Kier alpha value is -1.65. The first-order valence-corrected chi connectivity index (χ1v) is 7.27. The zero-order valence-electron chi connectivity index (χ0n) is 13.0. The molecule has 0 bridgehead atoms. The average Bonchev–Trinajstić information content (AvgIpc) is 2.68. The van der Waals surface area contributed by atoms with Crippen molar-refractivity contribution in [1.29, 1.82) is 0 Å². The second-order valence-corrected chi connectivity index (χ2v) is 6.40. The lowest BCUT2D eigenvalue weighted by Crippen LogP contribution is -2.41. The van der Waals surface area contributed by atoms with E-state index in [1.807, 2.05) is 30.3 Å². The number of pyridine rings is 1. The highest BCUT2D eigenvalue weighted by Crippen LogP contribution is 2.37. The fourth-order valence-corrected chi connectivity index (χ4v) is 2.42. The van der Waals surface area contributed by atoms with Crippen molar-refractivity contribution in [2.75, 3.05) is 0 Å². The maximum atomic E-state index is 6.15. The van der Waals surface area contributed by atoms with Gasteiger partial charge in [0.25, 0.3) is 0 Å². The van der Waals surface area contributed by atoms with Gasteiger partial charge in [0.1, 0.15) is 0 Å². The lowest BCUT2D eigenvalue weighted by molar-refractivity contribution is 0.00578. The minimum Gasteiger partial charge on any atom is -0.399 e. The number of hydrogen-bond acceptors (Lipinski definition) is 3. The van der Waals surface area contributed by atoms with Crippen LogP contribution in [-0.4, -0.2) is 23.3 Å². The smallest absolute Gasteiger partial charge is 0.399 e. The molecular weight excluding hydrogens is 261 g/mol. The van der Waals surface area contributed by atoms with Gasteiger partial charge in [-0.25, -0.2) is 0 Å². The molecule has 1 aliphatic rings. The van der Waals surface area contributed by atoms with E-state index in [9.17, 15) is 0 Å². The molecule has 1 fully saturated rings. The highest BCUT2D eigenvalue weighted by molar-refractivity contribution is 6.63. The minimum absolute atomic E-state index is 0.346. The van der Waals surface area contributed by atoms with Gasteiger partial charge >= 0.3 is 7.12 Å². The number of rotatable bonds is 2. The van der Waals surface area contributed by atoms with Gasteiger partial charge in [0.2, 0.25) is 0 Å². The third-order valence-electron chi connectivity index (χ3n) is 4.39. The molecule has 21 heavy (non-hydrogen) atoms. The molecule has 0 spiro atoms. The van der Waals surface area contributed by atoms with Crippen molar-refractivity contribution < 1.29 is 9.31 Å². The van der Waals surface area contributed by atoms with Crippen molar-refractivity contribution >= 4 is 12.6 Å². The molecule has 3 nitrogen and oxygen atoms in total. The molecule has 0 amide bonds. The van der Waals surface area contributed by atoms with Gasteiger partial charge in [-0.3, -0.25) is 4.98 Å². The van der Waals surface area contributed by atoms with Gasteiger partial charge < -0.3 is 9.31 Å². The molecule has 2 aromatic rings. The average molecular weight is 281 g/mol. The Morgan fingerprint density at radius 1 is 0.857 bits per heavy atom. The summed E-state index contributed by atoms with van der Waals surface area (Å²) >= 11 is 0. The van der Waals surface area contributed by atoms with E-state index in [1.54, 1.807) is 6.20 Å². The topological polar surface area (TPSA) is 31.4 Å². The predicted octanol–water partition coefficient (Wildman–Crippen LogP) is 3.05. The maximum Gasteiger partial charge on any atom is 0.497 e. The predicted molar refractivity (Wildman–Crippen MR) is 85.4 cm³/mol. The van der Waals surface area contributed by atoms with Crippen molar-refractivity contribution in [3.05, 3.63) is 48.7 Å². The largest absolute Gasteiger partial charge is 0.497 e. The molecule has 0 radical (unpaired) electrons. The molecule has 1 aliphatic heterocycles. The van der Waals surface area contributed by atoms with E-state index in [0.717, 1.165) is 16.7 Å². The van der Waals surface area contributed by atoms with Crippen molar-refractivity contribution in [2.24, 2.45) is 0 Å². The Morgan fingerprint density at radius 2 is 1.48 bits per heavy atom. The maximum absolute atomic E-state index is 6.15. The number of nitrogens with zero attached hydrogens (tertiary/aromatic N) is 1. The third-order valence-corrected chi connectivity index (χ3v) is 4.39. The van der Waals surface area contributed by atoms with E-state index in [1.165, 1.54) is 0 Å². The van der Waals surface area contributed by atoms with Crippen LogP contribution in [0.1, 0.15) is 27.7 Å². The summed E-state index contributed by atoms with van der Waals surface area (Å²) in [6.07, 6.45) is 1.80. The van der Waals surface area contributed by atoms with Crippen LogP contribution in [0.3, 0.4) is 0 Å². The van der Waals surface area contributed by atoms with Crippen LogP contribution in [0.5, 0.6) is 0 Å². The first kappa shape index (κ1) is 14.3. The minimum atomic E-state index is -0.390. The second kappa shape index (κ2) is 4.97. The molecule has 1 saturated heterocycles. The van der Waals surface area contributed by atoms with Crippen molar-refractivity contribution in [3.8, 4) is 11.3 Å². The zero-order chi connectivity index (χ0) is 15.1. The van der Waals surface area contributed by atoms with Crippen LogP contribution in [0.15, 0.2) is 48.7 Å². The van der Waals surface area contributed by atoms with Gasteiger partial charge in [-0.1, -0.05) is 36.4 Å². The Morgan fingerprint density at radius 3 is 2.10 bits per heavy atom. The van der Waals surface area contributed by atoms with Crippen LogP contribution in [0.25, 0.3) is 11.3 Å². The van der Waals surface area contributed by atoms with Crippen LogP contribution < -0.4 is 5.46 Å². The second-order valence-electron chi connectivity index (χ2n) is 6.40. The number of aromatic nitrogens is 1. The van der Waals surface area contributed by atoms with Gasteiger partial charge in [0.15, 0.2) is 0 Å². The molecule has 3 rings (SSSR count). The van der Waals surface area contributed by atoms with E-state index < -0.39 is 0 Å². The Kier molecular flexibility index (Phi) is 3.38. The Bertz CT molecular complexity index is 624. The summed E-state index contributed by atoms with van der Waals surface area (Å²) in [4.78, 5) is 4.53. The zero-order valence-corrected chi connectivity index (χ0v) is 13.0. The summed E-state index contributed by atoms with van der Waals surface area (Å²) in [6, 6.07) is 14.1. The summed E-state index contributed by atoms with van der Waals surface area (Å²) in [5, 5.41) is 0. The van der Waals surface area contributed by atoms with Gasteiger partial charge in [-0.15, -0.1) is 0 Å². The molecule has 0 aliphatic carbocycles. The first-order chi connectivity index (χ1) is 9.91. The van der Waals surface area contributed by atoms with E-state index in [-0.39, 0.29) is 18.3 Å². The summed E-state index contributed by atoms with van der Waals surface area (Å²) in [7, 11) is -0.390. The molecule has 108 valence electrons. The monoisotopic (exact) mass is 281 g/mol. The lowest BCUT2D eigenvalue weighted by Gasteiger charge is -2.32. The van der Waals surface area contributed by atoms with Crippen molar-refractivity contribution in [1.82, 2.24) is 4.98 Å².